The quantitative estimate of drug-likeness (QED) is 0.511. The lowest BCUT2D eigenvalue weighted by Crippen LogP contribution is -2.30. The van der Waals surface area contributed by atoms with Gasteiger partial charge in [-0.1, -0.05) is 54.8 Å². The molecule has 2 heterocycles. The van der Waals surface area contributed by atoms with Crippen LogP contribution in [0.3, 0.4) is 0 Å². The number of fused-ring (bicyclic) bond motifs is 3. The van der Waals surface area contributed by atoms with E-state index in [1.54, 1.807) is 24.3 Å². The second-order valence-corrected chi connectivity index (χ2v) is 10.3. The normalized spacial score (nSPS) is 19.7. The molecule has 1 aliphatic rings. The summed E-state index contributed by atoms with van der Waals surface area (Å²) in [6.07, 6.45) is 4.69. The summed E-state index contributed by atoms with van der Waals surface area (Å²) < 4.78 is 28.2. The van der Waals surface area contributed by atoms with Crippen LogP contribution in [-0.4, -0.2) is 34.3 Å². The van der Waals surface area contributed by atoms with Crippen molar-refractivity contribution in [3.05, 3.63) is 54.1 Å². The summed E-state index contributed by atoms with van der Waals surface area (Å²) in [5.74, 6) is 1.22. The number of nitrogens with zero attached hydrogens (tertiary/aromatic N) is 4. The number of rotatable bonds is 4. The van der Waals surface area contributed by atoms with Crippen molar-refractivity contribution < 1.29 is 8.42 Å². The van der Waals surface area contributed by atoms with Crippen LogP contribution in [-0.2, 0) is 9.84 Å². The highest BCUT2D eigenvalue weighted by atomic mass is 32.2. The monoisotopic (exact) mass is 435 g/mol. The zero-order valence-corrected chi connectivity index (χ0v) is 18.4. The van der Waals surface area contributed by atoms with Gasteiger partial charge in [-0.15, -0.1) is 5.10 Å². The van der Waals surface area contributed by atoms with Crippen molar-refractivity contribution in [3.63, 3.8) is 0 Å². The van der Waals surface area contributed by atoms with Crippen LogP contribution in [0.2, 0.25) is 0 Å². The lowest BCUT2D eigenvalue weighted by atomic mass is 9.86. The molecular formula is C23H25N5O2S. The minimum Gasteiger partial charge on any atom is -0.366 e. The molecular weight excluding hydrogens is 410 g/mol. The fraction of sp³-hybridized carbons (Fsp3) is 0.348. The van der Waals surface area contributed by atoms with E-state index >= 15 is 0 Å². The highest BCUT2D eigenvalue weighted by Crippen LogP contribution is 2.31. The first-order valence-electron chi connectivity index (χ1n) is 10.7. The molecule has 7 nitrogen and oxygen atoms in total. The van der Waals surface area contributed by atoms with Gasteiger partial charge < -0.3 is 5.32 Å². The second kappa shape index (κ2) is 7.60. The van der Waals surface area contributed by atoms with Crippen LogP contribution < -0.4 is 5.32 Å². The molecule has 8 heteroatoms. The molecule has 1 aliphatic carbocycles. The summed E-state index contributed by atoms with van der Waals surface area (Å²) in [4.78, 5) is 4.93. The average molecular weight is 436 g/mol. The van der Waals surface area contributed by atoms with Gasteiger partial charge in [0.2, 0.25) is 14.9 Å². The molecule has 160 valence electrons. The lowest BCUT2D eigenvalue weighted by Gasteiger charge is -2.30. The molecule has 1 N–H and O–H groups in total. The molecule has 0 bridgehead atoms. The fourth-order valence-corrected chi connectivity index (χ4v) is 5.60. The topological polar surface area (TPSA) is 89.2 Å². The smallest absolute Gasteiger partial charge is 0.229 e. The molecule has 1 saturated carbocycles. The molecule has 0 saturated heterocycles. The standard InChI is InChI=1S/C23H25N5O2S/c1-15-11-13-17(14-12-15)31(29,30)23-22-25-21(24-19-9-5-3-7-16(19)2)18-8-4-6-10-20(18)28(22)27-26-23/h4,6,8,10-14,16,19H,3,5,7,9H2,1-2H3,(H,24,25)/t16-,19+/m1/s1. The summed E-state index contributed by atoms with van der Waals surface area (Å²) in [5.41, 5.74) is 2.01. The number of para-hydroxylation sites is 1. The van der Waals surface area contributed by atoms with Crippen LogP contribution in [0, 0.1) is 12.8 Å². The number of hydrogen-bond donors (Lipinski definition) is 1. The van der Waals surface area contributed by atoms with Crippen LogP contribution in [0.25, 0.3) is 16.6 Å². The highest BCUT2D eigenvalue weighted by molar-refractivity contribution is 7.91. The maximum absolute atomic E-state index is 13.3. The minimum atomic E-state index is -3.85. The van der Waals surface area contributed by atoms with Crippen molar-refractivity contribution in [1.29, 1.82) is 0 Å². The van der Waals surface area contributed by atoms with Crippen molar-refractivity contribution in [2.24, 2.45) is 5.92 Å². The molecule has 2 aromatic carbocycles. The second-order valence-electron chi connectivity index (χ2n) is 8.44. The van der Waals surface area contributed by atoms with Crippen molar-refractivity contribution in [1.82, 2.24) is 19.8 Å². The van der Waals surface area contributed by atoms with E-state index in [9.17, 15) is 8.42 Å². The van der Waals surface area contributed by atoms with Gasteiger partial charge in [-0.05, 0) is 49.9 Å². The van der Waals surface area contributed by atoms with Crippen molar-refractivity contribution in [2.75, 3.05) is 5.32 Å². The summed E-state index contributed by atoms with van der Waals surface area (Å²) in [6.45, 7) is 4.17. The van der Waals surface area contributed by atoms with Crippen LogP contribution in [0.4, 0.5) is 5.82 Å². The summed E-state index contributed by atoms with van der Waals surface area (Å²) in [7, 11) is -3.85. The van der Waals surface area contributed by atoms with E-state index in [2.05, 4.69) is 22.6 Å². The number of aryl methyl sites for hydroxylation is 1. The molecule has 0 amide bonds. The van der Waals surface area contributed by atoms with E-state index in [0.29, 0.717) is 17.8 Å². The first-order chi connectivity index (χ1) is 14.9. The molecule has 1 fully saturated rings. The Bertz CT molecular complexity index is 1360. The van der Waals surface area contributed by atoms with Gasteiger partial charge in [-0.25, -0.2) is 13.4 Å². The Morgan fingerprint density at radius 3 is 2.55 bits per heavy atom. The van der Waals surface area contributed by atoms with Gasteiger partial charge in [0.1, 0.15) is 5.82 Å². The van der Waals surface area contributed by atoms with Crippen molar-refractivity contribution in [3.8, 4) is 0 Å². The van der Waals surface area contributed by atoms with Crippen LogP contribution >= 0.6 is 0 Å². The molecule has 0 radical (unpaired) electrons. The van der Waals surface area contributed by atoms with Crippen molar-refractivity contribution >= 4 is 32.2 Å². The minimum absolute atomic E-state index is 0.123. The maximum Gasteiger partial charge on any atom is 0.229 e. The molecule has 2 atom stereocenters. The van der Waals surface area contributed by atoms with Gasteiger partial charge in [0.15, 0.2) is 5.65 Å². The van der Waals surface area contributed by atoms with E-state index in [0.717, 1.165) is 22.9 Å². The van der Waals surface area contributed by atoms with Gasteiger partial charge in [-0.3, -0.25) is 0 Å². The van der Waals surface area contributed by atoms with Gasteiger partial charge in [-0.2, -0.15) is 4.52 Å². The first kappa shape index (κ1) is 19.9. The van der Waals surface area contributed by atoms with E-state index in [1.165, 1.54) is 23.8 Å². The third-order valence-corrected chi connectivity index (χ3v) is 7.91. The maximum atomic E-state index is 13.3. The van der Waals surface area contributed by atoms with E-state index < -0.39 is 9.84 Å². The largest absolute Gasteiger partial charge is 0.366 e. The molecule has 0 aliphatic heterocycles. The third-order valence-electron chi connectivity index (χ3n) is 6.24. The Hall–Kier alpha value is -3.00. The molecule has 0 spiro atoms. The Balaban J connectivity index is 1.68. The third kappa shape index (κ3) is 3.44. The van der Waals surface area contributed by atoms with E-state index in [-0.39, 0.29) is 15.6 Å². The number of benzene rings is 2. The number of anilines is 1. The van der Waals surface area contributed by atoms with Crippen LogP contribution in [0.15, 0.2) is 58.5 Å². The Kier molecular flexibility index (Phi) is 4.89. The average Bonchev–Trinajstić information content (AvgIpc) is 3.21. The van der Waals surface area contributed by atoms with Gasteiger partial charge in [0.25, 0.3) is 0 Å². The van der Waals surface area contributed by atoms with Crippen molar-refractivity contribution in [2.45, 2.75) is 55.5 Å². The Labute approximate surface area is 181 Å². The molecule has 4 aromatic rings. The SMILES string of the molecule is Cc1ccc(S(=O)(=O)c2nnn3c2nc(N[C@H]2CCCC[C@H]2C)c2ccccc23)cc1. The Morgan fingerprint density at radius 1 is 1.03 bits per heavy atom. The zero-order chi connectivity index (χ0) is 21.6. The van der Waals surface area contributed by atoms with Crippen LogP contribution in [0.1, 0.15) is 38.2 Å². The number of hydrogen-bond acceptors (Lipinski definition) is 6. The van der Waals surface area contributed by atoms with Gasteiger partial charge in [0, 0.05) is 11.4 Å². The van der Waals surface area contributed by atoms with Crippen LogP contribution in [0.5, 0.6) is 0 Å². The number of sulfone groups is 1. The first-order valence-corrected chi connectivity index (χ1v) is 12.2. The molecule has 31 heavy (non-hydrogen) atoms. The predicted octanol–water partition coefficient (Wildman–Crippen LogP) is 4.41. The zero-order valence-electron chi connectivity index (χ0n) is 17.6. The highest BCUT2D eigenvalue weighted by Gasteiger charge is 2.28. The fourth-order valence-electron chi connectivity index (χ4n) is 4.36. The Morgan fingerprint density at radius 2 is 1.77 bits per heavy atom. The predicted molar refractivity (Wildman–Crippen MR) is 120 cm³/mol. The number of aromatic nitrogens is 4. The van der Waals surface area contributed by atoms with Gasteiger partial charge in [0.05, 0.1) is 10.4 Å². The molecule has 0 unspecified atom stereocenters. The van der Waals surface area contributed by atoms with E-state index in [1.807, 2.05) is 31.2 Å². The molecule has 5 rings (SSSR count). The summed E-state index contributed by atoms with van der Waals surface area (Å²) >= 11 is 0. The number of nitrogens with one attached hydrogen (secondary N) is 1. The van der Waals surface area contributed by atoms with E-state index in [4.69, 9.17) is 4.98 Å². The lowest BCUT2D eigenvalue weighted by molar-refractivity contribution is 0.349. The summed E-state index contributed by atoms with van der Waals surface area (Å²) in [6, 6.07) is 14.8. The van der Waals surface area contributed by atoms with Gasteiger partial charge >= 0.3 is 0 Å². The molecule has 2 aromatic heterocycles. The summed E-state index contributed by atoms with van der Waals surface area (Å²) in [5, 5.41) is 12.6.